The molecule has 1 aliphatic carbocycles. The summed E-state index contributed by atoms with van der Waals surface area (Å²) in [7, 11) is 0. The SMILES string of the molecule is CCCCCC1=C(CCCCCCCC(=O)O)CCC1=NO. The first-order valence-corrected chi connectivity index (χ1v) is 8.83. The van der Waals surface area contributed by atoms with Crippen LogP contribution in [0.15, 0.2) is 16.3 Å². The number of carboxylic acids is 1. The van der Waals surface area contributed by atoms with Crippen LogP contribution in [0.5, 0.6) is 0 Å². The van der Waals surface area contributed by atoms with Crippen LogP contribution in [0, 0.1) is 0 Å². The lowest BCUT2D eigenvalue weighted by atomic mass is 9.98. The van der Waals surface area contributed by atoms with Crippen LogP contribution in [0.1, 0.15) is 90.4 Å². The fourth-order valence-corrected chi connectivity index (χ4v) is 3.18. The average molecular weight is 309 g/mol. The van der Waals surface area contributed by atoms with Crippen LogP contribution in [0.4, 0.5) is 0 Å². The van der Waals surface area contributed by atoms with Gasteiger partial charge in [0.25, 0.3) is 0 Å². The molecular formula is C18H31NO3. The van der Waals surface area contributed by atoms with Gasteiger partial charge >= 0.3 is 5.97 Å². The lowest BCUT2D eigenvalue weighted by Gasteiger charge is -2.08. The van der Waals surface area contributed by atoms with Gasteiger partial charge in [0.2, 0.25) is 0 Å². The molecule has 22 heavy (non-hydrogen) atoms. The lowest BCUT2D eigenvalue weighted by Crippen LogP contribution is -1.98. The normalized spacial score (nSPS) is 16.7. The van der Waals surface area contributed by atoms with Gasteiger partial charge in [-0.05, 0) is 50.5 Å². The van der Waals surface area contributed by atoms with Gasteiger partial charge in [-0.2, -0.15) is 0 Å². The van der Waals surface area contributed by atoms with Crippen molar-refractivity contribution in [2.75, 3.05) is 0 Å². The van der Waals surface area contributed by atoms with Crippen molar-refractivity contribution in [3.05, 3.63) is 11.1 Å². The second-order valence-corrected chi connectivity index (χ2v) is 6.25. The Labute approximate surface area is 134 Å². The predicted molar refractivity (Wildman–Crippen MR) is 89.6 cm³/mol. The molecule has 2 N–H and O–H groups in total. The Morgan fingerprint density at radius 3 is 2.36 bits per heavy atom. The van der Waals surface area contributed by atoms with Crippen molar-refractivity contribution < 1.29 is 15.1 Å². The topological polar surface area (TPSA) is 69.9 Å². The molecule has 0 atom stereocenters. The fraction of sp³-hybridized carbons (Fsp3) is 0.778. The summed E-state index contributed by atoms with van der Waals surface area (Å²) < 4.78 is 0. The second-order valence-electron chi connectivity index (χ2n) is 6.25. The van der Waals surface area contributed by atoms with E-state index in [1.54, 1.807) is 0 Å². The van der Waals surface area contributed by atoms with Gasteiger partial charge in [0.05, 0.1) is 5.71 Å². The Kier molecular flexibility index (Phi) is 9.60. The molecule has 0 aromatic carbocycles. The number of carbonyl (C=O) groups is 1. The zero-order valence-corrected chi connectivity index (χ0v) is 13.9. The smallest absolute Gasteiger partial charge is 0.303 e. The van der Waals surface area contributed by atoms with E-state index in [0.717, 1.165) is 57.1 Å². The van der Waals surface area contributed by atoms with Gasteiger partial charge in [0.1, 0.15) is 0 Å². The average Bonchev–Trinajstić information content (AvgIpc) is 2.88. The highest BCUT2D eigenvalue weighted by Crippen LogP contribution is 2.31. The summed E-state index contributed by atoms with van der Waals surface area (Å²) in [4.78, 5) is 10.4. The maximum absolute atomic E-state index is 10.4. The standard InChI is InChI=1S/C18H31NO3/c1-2-3-7-11-16-15(13-14-17(16)19-22)10-8-5-4-6-9-12-18(20)21/h22H,2-14H2,1H3,(H,20,21). The van der Waals surface area contributed by atoms with Crippen LogP contribution in [-0.2, 0) is 4.79 Å². The highest BCUT2D eigenvalue weighted by atomic mass is 16.4. The van der Waals surface area contributed by atoms with Crippen molar-refractivity contribution in [2.45, 2.75) is 90.4 Å². The minimum absolute atomic E-state index is 0.295. The number of hydrogen-bond acceptors (Lipinski definition) is 3. The number of oxime groups is 1. The molecule has 0 aromatic rings. The molecule has 0 aromatic heterocycles. The third kappa shape index (κ3) is 7.10. The van der Waals surface area contributed by atoms with Crippen LogP contribution in [0.2, 0.25) is 0 Å². The quantitative estimate of drug-likeness (QED) is 0.292. The van der Waals surface area contributed by atoms with E-state index in [-0.39, 0.29) is 0 Å². The summed E-state index contributed by atoms with van der Waals surface area (Å²) in [6.45, 7) is 2.20. The predicted octanol–water partition coefficient (Wildman–Crippen LogP) is 5.30. The van der Waals surface area contributed by atoms with Crippen LogP contribution >= 0.6 is 0 Å². The first-order valence-electron chi connectivity index (χ1n) is 8.83. The molecule has 1 rings (SSSR count). The second kappa shape index (κ2) is 11.3. The molecule has 0 aliphatic heterocycles. The molecule has 4 heteroatoms. The Bertz CT molecular complexity index is 399. The van der Waals surface area contributed by atoms with Gasteiger partial charge < -0.3 is 10.3 Å². The molecule has 0 saturated carbocycles. The van der Waals surface area contributed by atoms with Crippen molar-refractivity contribution in [1.82, 2.24) is 0 Å². The van der Waals surface area contributed by atoms with Gasteiger partial charge in [0, 0.05) is 6.42 Å². The summed E-state index contributed by atoms with van der Waals surface area (Å²) in [5.41, 5.74) is 3.73. The Morgan fingerprint density at radius 1 is 1.00 bits per heavy atom. The van der Waals surface area contributed by atoms with E-state index in [1.165, 1.54) is 36.8 Å². The molecule has 0 heterocycles. The van der Waals surface area contributed by atoms with Crippen molar-refractivity contribution in [3.63, 3.8) is 0 Å². The largest absolute Gasteiger partial charge is 0.481 e. The minimum atomic E-state index is -0.691. The minimum Gasteiger partial charge on any atom is -0.481 e. The molecule has 4 nitrogen and oxygen atoms in total. The fourth-order valence-electron chi connectivity index (χ4n) is 3.18. The number of aliphatic carboxylic acids is 1. The van der Waals surface area contributed by atoms with Crippen LogP contribution < -0.4 is 0 Å². The van der Waals surface area contributed by atoms with Crippen molar-refractivity contribution in [3.8, 4) is 0 Å². The summed E-state index contributed by atoms with van der Waals surface area (Å²) in [6.07, 6.45) is 13.3. The van der Waals surface area contributed by atoms with Crippen molar-refractivity contribution >= 4 is 11.7 Å². The van der Waals surface area contributed by atoms with Gasteiger partial charge in [0.15, 0.2) is 0 Å². The molecule has 0 unspecified atom stereocenters. The number of hydrogen-bond donors (Lipinski definition) is 2. The number of carboxylic acid groups (broad SMARTS) is 1. The van der Waals surface area contributed by atoms with E-state index < -0.39 is 5.97 Å². The number of nitrogens with zero attached hydrogens (tertiary/aromatic N) is 1. The van der Waals surface area contributed by atoms with E-state index >= 15 is 0 Å². The third-order valence-corrected chi connectivity index (χ3v) is 4.46. The molecule has 0 radical (unpaired) electrons. The Morgan fingerprint density at radius 2 is 1.68 bits per heavy atom. The lowest BCUT2D eigenvalue weighted by molar-refractivity contribution is -0.137. The molecule has 0 fully saturated rings. The first kappa shape index (κ1) is 18.7. The highest BCUT2D eigenvalue weighted by Gasteiger charge is 2.20. The maximum atomic E-state index is 10.4. The molecule has 0 bridgehead atoms. The number of rotatable bonds is 12. The first-order chi connectivity index (χ1) is 10.7. The monoisotopic (exact) mass is 309 g/mol. The summed E-state index contributed by atoms with van der Waals surface area (Å²) >= 11 is 0. The zero-order chi connectivity index (χ0) is 16.2. The molecule has 0 amide bonds. The molecule has 1 aliphatic rings. The van der Waals surface area contributed by atoms with Crippen molar-refractivity contribution in [1.29, 1.82) is 0 Å². The summed E-state index contributed by atoms with van der Waals surface area (Å²) in [5, 5.41) is 21.2. The number of allylic oxidation sites excluding steroid dienone is 2. The van der Waals surface area contributed by atoms with Gasteiger partial charge in [-0.1, -0.05) is 49.8 Å². The van der Waals surface area contributed by atoms with E-state index in [4.69, 9.17) is 10.3 Å². The van der Waals surface area contributed by atoms with Crippen LogP contribution in [-0.4, -0.2) is 22.0 Å². The number of unbranched alkanes of at least 4 members (excludes halogenated alkanes) is 6. The van der Waals surface area contributed by atoms with E-state index in [2.05, 4.69) is 12.1 Å². The Balaban J connectivity index is 2.28. The third-order valence-electron chi connectivity index (χ3n) is 4.46. The van der Waals surface area contributed by atoms with Crippen molar-refractivity contribution in [2.24, 2.45) is 5.16 Å². The molecule has 126 valence electrons. The van der Waals surface area contributed by atoms with E-state index in [1.807, 2.05) is 0 Å². The van der Waals surface area contributed by atoms with Gasteiger partial charge in [-0.25, -0.2) is 0 Å². The Hall–Kier alpha value is -1.32. The highest BCUT2D eigenvalue weighted by molar-refractivity contribution is 6.02. The summed E-state index contributed by atoms with van der Waals surface area (Å²) in [6, 6.07) is 0. The van der Waals surface area contributed by atoms with E-state index in [9.17, 15) is 4.79 Å². The van der Waals surface area contributed by atoms with E-state index in [0.29, 0.717) is 6.42 Å². The molecule has 0 saturated heterocycles. The maximum Gasteiger partial charge on any atom is 0.303 e. The van der Waals surface area contributed by atoms with Gasteiger partial charge in [-0.3, -0.25) is 4.79 Å². The van der Waals surface area contributed by atoms with Crippen LogP contribution in [0.25, 0.3) is 0 Å². The van der Waals surface area contributed by atoms with Gasteiger partial charge in [-0.15, -0.1) is 0 Å². The summed E-state index contributed by atoms with van der Waals surface area (Å²) in [5.74, 6) is -0.691. The zero-order valence-electron chi connectivity index (χ0n) is 13.9. The molecule has 0 spiro atoms. The molecular weight excluding hydrogens is 278 g/mol. The van der Waals surface area contributed by atoms with Crippen LogP contribution in [0.3, 0.4) is 0 Å².